The maximum Gasteiger partial charge on any atom is 0.586 e. The monoisotopic (exact) mass is 285 g/mol. The molecule has 2 aliphatic heterocycles. The number of thioether (sulfide) groups is 1. The maximum atomic E-state index is 12.8. The lowest BCUT2D eigenvalue weighted by Crippen LogP contribution is -2.25. The second-order valence-corrected chi connectivity index (χ2v) is 4.74. The molecule has 1 N–H and O–H groups in total. The summed E-state index contributed by atoms with van der Waals surface area (Å²) in [5.41, 5.74) is 0.451. The second-order valence-electron chi connectivity index (χ2n) is 3.73. The van der Waals surface area contributed by atoms with Crippen molar-refractivity contribution in [3.8, 4) is 11.5 Å². The molecule has 3 rings (SSSR count). The largest absolute Gasteiger partial charge is 0.586 e. The molecule has 8 heteroatoms. The van der Waals surface area contributed by atoms with Crippen LogP contribution < -0.4 is 14.8 Å². The van der Waals surface area contributed by atoms with E-state index < -0.39 is 17.4 Å². The Morgan fingerprint density at radius 1 is 1.21 bits per heavy atom. The van der Waals surface area contributed by atoms with Gasteiger partial charge in [0, 0.05) is 0 Å². The minimum Gasteiger partial charge on any atom is -0.395 e. The van der Waals surface area contributed by atoms with Crippen LogP contribution >= 0.6 is 11.8 Å². The molecule has 2 amide bonds. The van der Waals surface area contributed by atoms with Crippen LogP contribution in [0.3, 0.4) is 0 Å². The zero-order valence-corrected chi connectivity index (χ0v) is 9.92. The summed E-state index contributed by atoms with van der Waals surface area (Å²) in [6, 6.07) is 4.09. The molecular formula is C11H5F2NO4S. The molecule has 2 aliphatic rings. The standard InChI is InChI=1S/C11H5F2NO4S/c12-11(13)17-6-2-1-5(3-7(6)18-11)4-8-9(15)14-10(16)19-8/h1-4H,(H,14,15,16)/b8-4-. The molecular weight excluding hydrogens is 280 g/mol. The van der Waals surface area contributed by atoms with Gasteiger partial charge in [0.15, 0.2) is 11.5 Å². The zero-order chi connectivity index (χ0) is 13.6. The summed E-state index contributed by atoms with van der Waals surface area (Å²) in [7, 11) is 0. The molecule has 2 heterocycles. The van der Waals surface area contributed by atoms with Crippen LogP contribution in [-0.2, 0) is 4.79 Å². The van der Waals surface area contributed by atoms with Crippen molar-refractivity contribution in [1.82, 2.24) is 5.32 Å². The molecule has 0 atom stereocenters. The first-order chi connectivity index (χ1) is 8.93. The van der Waals surface area contributed by atoms with Crippen LogP contribution in [0.25, 0.3) is 6.08 Å². The van der Waals surface area contributed by atoms with E-state index in [1.807, 2.05) is 0 Å². The van der Waals surface area contributed by atoms with Crippen LogP contribution in [0.5, 0.6) is 11.5 Å². The lowest BCUT2D eigenvalue weighted by atomic mass is 10.2. The number of amides is 2. The quantitative estimate of drug-likeness (QED) is 0.802. The number of nitrogens with one attached hydrogen (secondary N) is 1. The highest BCUT2D eigenvalue weighted by Crippen LogP contribution is 2.41. The summed E-state index contributed by atoms with van der Waals surface area (Å²) in [5, 5.41) is 1.62. The Hall–Kier alpha value is -2.09. The highest BCUT2D eigenvalue weighted by Gasteiger charge is 2.43. The van der Waals surface area contributed by atoms with E-state index in [0.29, 0.717) is 5.56 Å². The van der Waals surface area contributed by atoms with Crippen LogP contribution in [0.1, 0.15) is 5.56 Å². The summed E-state index contributed by atoms with van der Waals surface area (Å²) >= 11 is 0.743. The lowest BCUT2D eigenvalue weighted by Gasteiger charge is -2.04. The lowest BCUT2D eigenvalue weighted by molar-refractivity contribution is -0.286. The van der Waals surface area contributed by atoms with E-state index in [4.69, 9.17) is 0 Å². The first-order valence-electron chi connectivity index (χ1n) is 5.08. The van der Waals surface area contributed by atoms with Gasteiger partial charge < -0.3 is 9.47 Å². The molecule has 0 saturated carbocycles. The van der Waals surface area contributed by atoms with Crippen LogP contribution in [0.2, 0.25) is 0 Å². The number of rotatable bonds is 1. The van der Waals surface area contributed by atoms with Gasteiger partial charge in [-0.25, -0.2) is 0 Å². The van der Waals surface area contributed by atoms with E-state index in [0.717, 1.165) is 11.8 Å². The second kappa shape index (κ2) is 3.95. The number of carbonyl (C=O) groups excluding carboxylic acids is 2. The van der Waals surface area contributed by atoms with Gasteiger partial charge in [-0.1, -0.05) is 6.07 Å². The average Bonchev–Trinajstić information content (AvgIpc) is 2.76. The molecule has 1 saturated heterocycles. The van der Waals surface area contributed by atoms with Crippen LogP contribution in [0.4, 0.5) is 13.6 Å². The third-order valence-corrected chi connectivity index (χ3v) is 3.18. The van der Waals surface area contributed by atoms with Gasteiger partial charge in [0.2, 0.25) is 0 Å². The van der Waals surface area contributed by atoms with Crippen molar-refractivity contribution in [1.29, 1.82) is 0 Å². The van der Waals surface area contributed by atoms with Crippen molar-refractivity contribution in [2.75, 3.05) is 0 Å². The normalized spacial score (nSPS) is 21.9. The van der Waals surface area contributed by atoms with Gasteiger partial charge in [-0.15, -0.1) is 8.78 Å². The van der Waals surface area contributed by atoms with E-state index in [9.17, 15) is 18.4 Å². The van der Waals surface area contributed by atoms with Gasteiger partial charge in [-0.05, 0) is 35.5 Å². The van der Waals surface area contributed by atoms with Gasteiger partial charge in [-0.2, -0.15) is 0 Å². The number of ether oxygens (including phenoxy) is 2. The number of hydrogen-bond acceptors (Lipinski definition) is 5. The Morgan fingerprint density at radius 3 is 2.63 bits per heavy atom. The van der Waals surface area contributed by atoms with E-state index in [2.05, 4.69) is 14.8 Å². The predicted octanol–water partition coefficient (Wildman–Crippen LogP) is 2.33. The summed E-state index contributed by atoms with van der Waals surface area (Å²) in [6.45, 7) is 0. The van der Waals surface area contributed by atoms with Crippen molar-refractivity contribution >= 4 is 29.0 Å². The Balaban J connectivity index is 1.91. The number of fused-ring (bicyclic) bond motifs is 1. The third kappa shape index (κ3) is 2.26. The smallest absolute Gasteiger partial charge is 0.395 e. The molecule has 0 spiro atoms. The van der Waals surface area contributed by atoms with E-state index in [1.165, 1.54) is 24.3 Å². The Morgan fingerprint density at radius 2 is 1.95 bits per heavy atom. The fourth-order valence-corrected chi connectivity index (χ4v) is 2.31. The predicted molar refractivity (Wildman–Crippen MR) is 61.8 cm³/mol. The maximum absolute atomic E-state index is 12.8. The van der Waals surface area contributed by atoms with Gasteiger partial charge in [0.1, 0.15) is 0 Å². The first-order valence-corrected chi connectivity index (χ1v) is 5.89. The molecule has 1 aromatic carbocycles. The average molecular weight is 285 g/mol. The minimum absolute atomic E-state index is 0.0771. The number of hydrogen-bond donors (Lipinski definition) is 1. The van der Waals surface area contributed by atoms with E-state index in [1.54, 1.807) is 0 Å². The Labute approximate surface area is 109 Å². The van der Waals surface area contributed by atoms with Gasteiger partial charge >= 0.3 is 6.29 Å². The van der Waals surface area contributed by atoms with Crippen LogP contribution in [0, 0.1) is 0 Å². The number of benzene rings is 1. The highest BCUT2D eigenvalue weighted by molar-refractivity contribution is 8.18. The van der Waals surface area contributed by atoms with Crippen molar-refractivity contribution in [2.45, 2.75) is 6.29 Å². The molecule has 0 aliphatic carbocycles. The zero-order valence-electron chi connectivity index (χ0n) is 9.11. The van der Waals surface area contributed by atoms with E-state index in [-0.39, 0.29) is 16.4 Å². The minimum atomic E-state index is -3.68. The number of alkyl halides is 2. The summed E-state index contributed by atoms with van der Waals surface area (Å²) < 4.78 is 34.2. The van der Waals surface area contributed by atoms with Gasteiger partial charge in [-0.3, -0.25) is 14.9 Å². The fraction of sp³-hybridized carbons (Fsp3) is 0.0909. The fourth-order valence-electron chi connectivity index (χ4n) is 1.63. The summed E-state index contributed by atoms with van der Waals surface area (Å²) in [6.07, 6.45) is -2.27. The molecule has 1 fully saturated rings. The summed E-state index contributed by atoms with van der Waals surface area (Å²) in [4.78, 5) is 22.5. The Kier molecular flexibility index (Phi) is 2.49. The molecule has 0 bridgehead atoms. The molecule has 19 heavy (non-hydrogen) atoms. The van der Waals surface area contributed by atoms with Crippen molar-refractivity contribution < 1.29 is 27.8 Å². The van der Waals surface area contributed by atoms with Crippen molar-refractivity contribution in [3.05, 3.63) is 28.7 Å². The third-order valence-electron chi connectivity index (χ3n) is 2.37. The molecule has 0 aromatic heterocycles. The van der Waals surface area contributed by atoms with Crippen LogP contribution in [-0.4, -0.2) is 17.4 Å². The molecule has 5 nitrogen and oxygen atoms in total. The van der Waals surface area contributed by atoms with E-state index >= 15 is 0 Å². The first kappa shape index (κ1) is 12.0. The molecule has 98 valence electrons. The molecule has 1 aromatic rings. The van der Waals surface area contributed by atoms with Crippen LogP contribution in [0.15, 0.2) is 23.1 Å². The molecule has 0 unspecified atom stereocenters. The number of carbonyl (C=O) groups is 2. The molecule has 0 radical (unpaired) electrons. The van der Waals surface area contributed by atoms with Crippen molar-refractivity contribution in [3.63, 3.8) is 0 Å². The summed E-state index contributed by atoms with van der Waals surface area (Å²) in [5.74, 6) is -0.709. The van der Waals surface area contributed by atoms with Gasteiger partial charge in [0.05, 0.1) is 4.91 Å². The van der Waals surface area contributed by atoms with Crippen molar-refractivity contribution in [2.24, 2.45) is 0 Å². The number of imide groups is 1. The number of halogens is 2. The topological polar surface area (TPSA) is 64.6 Å². The Bertz CT molecular complexity index is 629. The highest BCUT2D eigenvalue weighted by atomic mass is 32.2. The SMILES string of the molecule is O=C1NC(=O)/C(=C/c2ccc3c(c2)OC(F)(F)O3)S1. The van der Waals surface area contributed by atoms with Gasteiger partial charge in [0.25, 0.3) is 11.1 Å².